The summed E-state index contributed by atoms with van der Waals surface area (Å²) in [6, 6.07) is 12.1. The molecule has 3 aromatic rings. The third-order valence-electron chi connectivity index (χ3n) is 3.65. The van der Waals surface area contributed by atoms with E-state index in [1.807, 2.05) is 12.1 Å². The van der Waals surface area contributed by atoms with Crippen molar-refractivity contribution in [1.29, 1.82) is 0 Å². The number of aromatic nitrogens is 2. The quantitative estimate of drug-likeness (QED) is 0.511. The van der Waals surface area contributed by atoms with E-state index in [4.69, 9.17) is 27.9 Å². The van der Waals surface area contributed by atoms with Gasteiger partial charge in [-0.2, -0.15) is 0 Å². The highest BCUT2D eigenvalue weighted by atomic mass is 35.5. The van der Waals surface area contributed by atoms with Crippen molar-refractivity contribution in [2.45, 2.75) is 13.0 Å². The van der Waals surface area contributed by atoms with Crippen LogP contribution in [0, 0.1) is 0 Å². The number of hydrogen-bond acceptors (Lipinski definition) is 4. The van der Waals surface area contributed by atoms with Gasteiger partial charge in [-0.15, -0.1) is 0 Å². The number of esters is 1. The molecule has 0 aliphatic heterocycles. The van der Waals surface area contributed by atoms with Crippen molar-refractivity contribution in [2.24, 2.45) is 0 Å². The second-order valence-corrected chi connectivity index (χ2v) is 6.42. The van der Waals surface area contributed by atoms with Crippen LogP contribution in [0.25, 0.3) is 11.7 Å². The molecule has 0 aliphatic rings. The molecule has 0 saturated carbocycles. The molecule has 6 nitrogen and oxygen atoms in total. The minimum absolute atomic E-state index is 0.261. The lowest BCUT2D eigenvalue weighted by atomic mass is 10.3. The lowest BCUT2D eigenvalue weighted by Gasteiger charge is -2.12. The zero-order valence-corrected chi connectivity index (χ0v) is 15.7. The molecule has 2 aromatic heterocycles. The molecular formula is C19H15Cl2N3O3. The average Bonchev–Trinajstić information content (AvgIpc) is 2.95. The van der Waals surface area contributed by atoms with Gasteiger partial charge < -0.3 is 10.1 Å². The van der Waals surface area contributed by atoms with Crippen LogP contribution < -0.4 is 5.32 Å². The summed E-state index contributed by atoms with van der Waals surface area (Å²) in [6.07, 6.45) is 3.48. The number of fused-ring (bicyclic) bond motifs is 1. The molecule has 0 spiro atoms. The number of ether oxygens (including phenoxy) is 1. The van der Waals surface area contributed by atoms with Crippen LogP contribution in [0.1, 0.15) is 12.6 Å². The number of anilines is 1. The van der Waals surface area contributed by atoms with Crippen molar-refractivity contribution in [3.63, 3.8) is 0 Å². The first kappa shape index (κ1) is 18.9. The predicted molar refractivity (Wildman–Crippen MR) is 105 cm³/mol. The monoisotopic (exact) mass is 403 g/mol. The van der Waals surface area contributed by atoms with E-state index in [2.05, 4.69) is 10.3 Å². The van der Waals surface area contributed by atoms with E-state index in [0.717, 1.165) is 0 Å². The first-order valence-corrected chi connectivity index (χ1v) is 8.77. The first-order valence-electron chi connectivity index (χ1n) is 8.02. The van der Waals surface area contributed by atoms with Crippen molar-refractivity contribution in [3.05, 3.63) is 70.6 Å². The van der Waals surface area contributed by atoms with Crippen LogP contribution >= 0.6 is 23.2 Å². The zero-order chi connectivity index (χ0) is 19.4. The molecule has 1 aromatic carbocycles. The number of pyridine rings is 1. The van der Waals surface area contributed by atoms with Gasteiger partial charge in [0, 0.05) is 23.0 Å². The molecule has 0 fully saturated rings. The molecule has 0 bridgehead atoms. The largest absolute Gasteiger partial charge is 0.449 e. The van der Waals surface area contributed by atoms with E-state index in [0.29, 0.717) is 22.1 Å². The highest BCUT2D eigenvalue weighted by molar-refractivity contribution is 6.31. The van der Waals surface area contributed by atoms with Crippen molar-refractivity contribution >= 4 is 52.5 Å². The fourth-order valence-electron chi connectivity index (χ4n) is 2.36. The van der Waals surface area contributed by atoms with Gasteiger partial charge in [0.1, 0.15) is 5.65 Å². The van der Waals surface area contributed by atoms with Crippen molar-refractivity contribution in [3.8, 4) is 0 Å². The number of rotatable bonds is 5. The van der Waals surface area contributed by atoms with Crippen molar-refractivity contribution in [1.82, 2.24) is 9.38 Å². The Hall–Kier alpha value is -2.83. The van der Waals surface area contributed by atoms with Crippen LogP contribution in [0.3, 0.4) is 0 Å². The SMILES string of the molecule is C[C@H](OC(=O)/C=C/c1c(Cl)nc2ccccn12)C(=O)Nc1cccc(Cl)c1. The summed E-state index contributed by atoms with van der Waals surface area (Å²) < 4.78 is 6.86. The molecule has 138 valence electrons. The maximum Gasteiger partial charge on any atom is 0.331 e. The Bertz CT molecular complexity index is 1030. The maximum atomic E-state index is 12.1. The van der Waals surface area contributed by atoms with Crippen LogP contribution in [-0.4, -0.2) is 27.4 Å². The summed E-state index contributed by atoms with van der Waals surface area (Å²) >= 11 is 12.0. The summed E-state index contributed by atoms with van der Waals surface area (Å²) in [6.45, 7) is 1.48. The van der Waals surface area contributed by atoms with E-state index in [9.17, 15) is 9.59 Å². The van der Waals surface area contributed by atoms with Crippen LogP contribution in [0.5, 0.6) is 0 Å². The number of benzene rings is 1. The van der Waals surface area contributed by atoms with E-state index in [1.54, 1.807) is 40.9 Å². The Balaban J connectivity index is 1.63. The first-order chi connectivity index (χ1) is 12.9. The van der Waals surface area contributed by atoms with E-state index in [-0.39, 0.29) is 5.15 Å². The zero-order valence-electron chi connectivity index (χ0n) is 14.2. The van der Waals surface area contributed by atoms with Gasteiger partial charge in [-0.3, -0.25) is 9.20 Å². The van der Waals surface area contributed by atoms with Gasteiger partial charge >= 0.3 is 5.97 Å². The molecule has 27 heavy (non-hydrogen) atoms. The fourth-order valence-corrected chi connectivity index (χ4v) is 2.79. The minimum Gasteiger partial charge on any atom is -0.449 e. The lowest BCUT2D eigenvalue weighted by molar-refractivity contribution is -0.148. The number of amides is 1. The van der Waals surface area contributed by atoms with Crippen LogP contribution in [0.15, 0.2) is 54.7 Å². The summed E-state index contributed by atoms with van der Waals surface area (Å²) in [5.74, 6) is -1.14. The highest BCUT2D eigenvalue weighted by Gasteiger charge is 2.17. The summed E-state index contributed by atoms with van der Waals surface area (Å²) in [4.78, 5) is 28.3. The minimum atomic E-state index is -0.987. The lowest BCUT2D eigenvalue weighted by Crippen LogP contribution is -2.29. The maximum absolute atomic E-state index is 12.1. The molecule has 2 heterocycles. The number of carbonyl (C=O) groups is 2. The number of nitrogens with one attached hydrogen (secondary N) is 1. The molecular weight excluding hydrogens is 389 g/mol. The van der Waals surface area contributed by atoms with Gasteiger partial charge in [0.05, 0.1) is 5.69 Å². The number of carbonyl (C=O) groups excluding carboxylic acids is 2. The van der Waals surface area contributed by atoms with Crippen LogP contribution in [-0.2, 0) is 14.3 Å². The van der Waals surface area contributed by atoms with E-state index < -0.39 is 18.0 Å². The average molecular weight is 404 g/mol. The second-order valence-electron chi connectivity index (χ2n) is 5.63. The predicted octanol–water partition coefficient (Wildman–Crippen LogP) is 4.22. The van der Waals surface area contributed by atoms with Gasteiger partial charge in [0.2, 0.25) is 0 Å². The smallest absolute Gasteiger partial charge is 0.331 e. The summed E-state index contributed by atoms with van der Waals surface area (Å²) in [7, 11) is 0. The normalized spacial score (nSPS) is 12.3. The van der Waals surface area contributed by atoms with Gasteiger partial charge in [-0.25, -0.2) is 9.78 Å². The Morgan fingerprint density at radius 2 is 2.04 bits per heavy atom. The molecule has 3 rings (SSSR count). The molecule has 0 unspecified atom stereocenters. The molecule has 0 radical (unpaired) electrons. The number of nitrogens with zero attached hydrogens (tertiary/aromatic N) is 2. The second kappa shape index (κ2) is 8.24. The molecule has 1 atom stereocenters. The fraction of sp³-hybridized carbons (Fsp3) is 0.105. The Morgan fingerprint density at radius 1 is 1.22 bits per heavy atom. The van der Waals surface area contributed by atoms with Gasteiger partial charge in [0.15, 0.2) is 11.3 Å². The molecule has 0 aliphatic carbocycles. The van der Waals surface area contributed by atoms with E-state index in [1.165, 1.54) is 19.1 Å². The third-order valence-corrected chi connectivity index (χ3v) is 4.17. The molecule has 8 heteroatoms. The molecule has 0 saturated heterocycles. The van der Waals surface area contributed by atoms with Gasteiger partial charge in [-0.1, -0.05) is 35.3 Å². The Labute approximate surface area is 165 Å². The van der Waals surface area contributed by atoms with Crippen LogP contribution in [0.4, 0.5) is 5.69 Å². The van der Waals surface area contributed by atoms with Gasteiger partial charge in [-0.05, 0) is 43.3 Å². The Morgan fingerprint density at radius 3 is 2.81 bits per heavy atom. The molecule has 1 amide bonds. The summed E-state index contributed by atoms with van der Waals surface area (Å²) in [5.41, 5.74) is 1.72. The topological polar surface area (TPSA) is 72.7 Å². The Kier molecular flexibility index (Phi) is 5.78. The van der Waals surface area contributed by atoms with Gasteiger partial charge in [0.25, 0.3) is 5.91 Å². The standard InChI is InChI=1S/C19H15Cl2N3O3/c1-12(19(26)22-14-6-4-5-13(20)11-14)27-17(25)9-8-15-18(21)23-16-7-2-3-10-24(15)16/h2-12H,1H3,(H,22,26)/b9-8+/t12-/m0/s1. The third kappa shape index (κ3) is 4.67. The van der Waals surface area contributed by atoms with Crippen LogP contribution in [0.2, 0.25) is 10.2 Å². The number of hydrogen-bond donors (Lipinski definition) is 1. The summed E-state index contributed by atoms with van der Waals surface area (Å²) in [5, 5.41) is 3.38. The highest BCUT2D eigenvalue weighted by Crippen LogP contribution is 2.19. The van der Waals surface area contributed by atoms with Crippen molar-refractivity contribution < 1.29 is 14.3 Å². The molecule has 1 N–H and O–H groups in total. The number of halogens is 2. The van der Waals surface area contributed by atoms with Crippen molar-refractivity contribution in [2.75, 3.05) is 5.32 Å². The van der Waals surface area contributed by atoms with E-state index >= 15 is 0 Å². The number of imidazole rings is 1.